The molecule has 1 fully saturated rings. The number of hydrogen-bond acceptors (Lipinski definition) is 9. The first kappa shape index (κ1) is 24.5. The zero-order valence-electron chi connectivity index (χ0n) is 16.8. The van der Waals surface area contributed by atoms with E-state index in [0.717, 1.165) is 0 Å². The fourth-order valence-corrected chi connectivity index (χ4v) is 5.01. The van der Waals surface area contributed by atoms with Gasteiger partial charge in [0.2, 0.25) is 5.91 Å². The fraction of sp³-hybridized carbons (Fsp3) is 0.474. The number of carbonyl (C=O) groups is 3. The van der Waals surface area contributed by atoms with Gasteiger partial charge in [-0.25, -0.2) is 4.79 Å². The molecule has 1 saturated heterocycles. The van der Waals surface area contributed by atoms with Crippen LogP contribution in [0.3, 0.4) is 0 Å². The van der Waals surface area contributed by atoms with E-state index in [0.29, 0.717) is 24.3 Å². The molecule has 0 saturated carbocycles. The molecule has 1 aliphatic rings. The molecule has 0 aliphatic carbocycles. The van der Waals surface area contributed by atoms with Crippen LogP contribution in [0.2, 0.25) is 0 Å². The van der Waals surface area contributed by atoms with Gasteiger partial charge in [0.1, 0.15) is 13.2 Å². The van der Waals surface area contributed by atoms with Crippen LogP contribution in [0.1, 0.15) is 18.9 Å². The minimum Gasteiger partial charge on any atom is -0.445 e. The predicted molar refractivity (Wildman–Crippen MR) is 116 cm³/mol. The van der Waals surface area contributed by atoms with Crippen molar-refractivity contribution in [1.82, 2.24) is 10.2 Å². The molecule has 1 aromatic carbocycles. The van der Waals surface area contributed by atoms with Gasteiger partial charge in [0.25, 0.3) is 5.69 Å². The summed E-state index contributed by atoms with van der Waals surface area (Å²) in [4.78, 5) is 47.5. The minimum atomic E-state index is -0.537. The van der Waals surface area contributed by atoms with Gasteiger partial charge >= 0.3 is 6.09 Å². The van der Waals surface area contributed by atoms with Gasteiger partial charge in [-0.2, -0.15) is 5.26 Å². The number of likely N-dealkylation sites (tertiary alicyclic amines) is 1. The molecule has 2 amide bonds. The highest BCUT2D eigenvalue weighted by Crippen LogP contribution is 2.30. The molecular formula is C19H22N4O6S2. The van der Waals surface area contributed by atoms with E-state index in [-0.39, 0.29) is 46.9 Å². The highest BCUT2D eigenvalue weighted by Gasteiger charge is 2.37. The largest absolute Gasteiger partial charge is 0.445 e. The van der Waals surface area contributed by atoms with Crippen molar-refractivity contribution in [3.05, 3.63) is 39.9 Å². The molecule has 1 aromatic rings. The van der Waals surface area contributed by atoms with Crippen molar-refractivity contribution in [2.24, 2.45) is 0 Å². The molecule has 166 valence electrons. The summed E-state index contributed by atoms with van der Waals surface area (Å²) in [5.41, 5.74) is 0.572. The van der Waals surface area contributed by atoms with Crippen LogP contribution in [0.15, 0.2) is 24.3 Å². The van der Waals surface area contributed by atoms with E-state index < -0.39 is 11.0 Å². The number of hydrogen-bond donors (Lipinski definition) is 1. The second-order valence-electron chi connectivity index (χ2n) is 6.70. The summed E-state index contributed by atoms with van der Waals surface area (Å²) in [6, 6.07) is 7.37. The number of non-ortho nitro benzene ring substituents is 1. The van der Waals surface area contributed by atoms with Gasteiger partial charge in [-0.15, -0.1) is 11.8 Å². The van der Waals surface area contributed by atoms with E-state index in [1.807, 2.05) is 6.07 Å². The minimum absolute atomic E-state index is 0.0335. The molecule has 1 aliphatic heterocycles. The molecule has 12 heteroatoms. The normalized spacial score (nSPS) is 17.6. The van der Waals surface area contributed by atoms with Crippen molar-refractivity contribution in [3.63, 3.8) is 0 Å². The number of nitrogens with zero attached hydrogens (tertiary/aromatic N) is 3. The number of rotatable bonds is 9. The van der Waals surface area contributed by atoms with Gasteiger partial charge in [0, 0.05) is 42.6 Å². The average molecular weight is 467 g/mol. The van der Waals surface area contributed by atoms with Crippen LogP contribution in [0, 0.1) is 21.4 Å². The van der Waals surface area contributed by atoms with Gasteiger partial charge in [0.05, 0.1) is 16.7 Å². The van der Waals surface area contributed by atoms with Gasteiger partial charge in [-0.05, 0) is 24.1 Å². The van der Waals surface area contributed by atoms with Crippen LogP contribution in [0.4, 0.5) is 10.5 Å². The maximum absolute atomic E-state index is 12.7. The van der Waals surface area contributed by atoms with Crippen LogP contribution in [0.25, 0.3) is 0 Å². The Labute approximate surface area is 187 Å². The van der Waals surface area contributed by atoms with Crippen molar-refractivity contribution >= 4 is 46.3 Å². The first-order chi connectivity index (χ1) is 14.8. The molecule has 2 rings (SSSR count). The zero-order chi connectivity index (χ0) is 22.8. The standard InChI is InChI=1S/C19H22N4O6S2/c1-13(24)31-17-8-16(11-30-12-18(25)21-7-6-20)22(9-17)19(26)29-10-14-2-4-15(5-3-14)23(27)28/h2-5,16-17H,7-12H2,1H3,(H,21,25)/t16-,17-/m0/s1. The quantitative estimate of drug-likeness (QED) is 0.329. The molecule has 0 spiro atoms. The number of benzene rings is 1. The maximum Gasteiger partial charge on any atom is 0.410 e. The lowest BCUT2D eigenvalue weighted by atomic mass is 10.2. The third-order valence-corrected chi connectivity index (χ3v) is 6.45. The summed E-state index contributed by atoms with van der Waals surface area (Å²) >= 11 is 2.52. The number of carbonyl (C=O) groups excluding carboxylic acids is 3. The lowest BCUT2D eigenvalue weighted by Crippen LogP contribution is -2.38. The molecule has 0 radical (unpaired) electrons. The third kappa shape index (κ3) is 8.10. The Morgan fingerprint density at radius 1 is 1.35 bits per heavy atom. The van der Waals surface area contributed by atoms with Crippen LogP contribution in [-0.2, 0) is 20.9 Å². The average Bonchev–Trinajstić information content (AvgIpc) is 3.12. The highest BCUT2D eigenvalue weighted by molar-refractivity contribution is 8.14. The van der Waals surface area contributed by atoms with Crippen molar-refractivity contribution in [3.8, 4) is 6.07 Å². The van der Waals surface area contributed by atoms with E-state index in [4.69, 9.17) is 10.00 Å². The van der Waals surface area contributed by atoms with Gasteiger partial charge in [-0.3, -0.25) is 19.7 Å². The summed E-state index contributed by atoms with van der Waals surface area (Å²) in [7, 11) is 0. The van der Waals surface area contributed by atoms with Crippen molar-refractivity contribution in [1.29, 1.82) is 5.26 Å². The summed E-state index contributed by atoms with van der Waals surface area (Å²) in [6.07, 6.45) is 0.0634. The molecule has 10 nitrogen and oxygen atoms in total. The highest BCUT2D eigenvalue weighted by atomic mass is 32.2. The van der Waals surface area contributed by atoms with Crippen LogP contribution in [0.5, 0.6) is 0 Å². The van der Waals surface area contributed by atoms with E-state index in [1.165, 1.54) is 54.7 Å². The second kappa shape index (κ2) is 12.2. The van der Waals surface area contributed by atoms with Crippen molar-refractivity contribution in [2.45, 2.75) is 31.2 Å². The molecule has 0 bridgehead atoms. The summed E-state index contributed by atoms with van der Waals surface area (Å²) in [5.74, 6) is 0.391. The van der Waals surface area contributed by atoms with E-state index in [1.54, 1.807) is 4.90 Å². The summed E-state index contributed by atoms with van der Waals surface area (Å²) in [6.45, 7) is 1.74. The molecule has 0 aromatic heterocycles. The number of thioether (sulfide) groups is 2. The molecule has 2 atom stereocenters. The fourth-order valence-electron chi connectivity index (χ4n) is 2.99. The topological polar surface area (TPSA) is 143 Å². The van der Waals surface area contributed by atoms with Crippen LogP contribution >= 0.6 is 23.5 Å². The maximum atomic E-state index is 12.7. The molecule has 1 heterocycles. The van der Waals surface area contributed by atoms with Crippen LogP contribution < -0.4 is 5.32 Å². The predicted octanol–water partition coefficient (Wildman–Crippen LogP) is 2.33. The molecule has 31 heavy (non-hydrogen) atoms. The number of nitro benzene ring substituents is 1. The lowest BCUT2D eigenvalue weighted by molar-refractivity contribution is -0.384. The first-order valence-corrected chi connectivity index (χ1v) is 11.4. The Morgan fingerprint density at radius 2 is 2.06 bits per heavy atom. The molecular weight excluding hydrogens is 444 g/mol. The monoisotopic (exact) mass is 466 g/mol. The van der Waals surface area contributed by atoms with Gasteiger partial charge in [0.15, 0.2) is 5.12 Å². The SMILES string of the molecule is CC(=O)S[C@H]1C[C@@H](CSCC(=O)NCC#N)N(C(=O)OCc2ccc([N+](=O)[O-])cc2)C1. The molecule has 1 N–H and O–H groups in total. The smallest absolute Gasteiger partial charge is 0.410 e. The second-order valence-corrected chi connectivity index (χ2v) is 9.21. The van der Waals surface area contributed by atoms with E-state index >= 15 is 0 Å². The number of ether oxygens (including phenoxy) is 1. The number of nitriles is 1. The van der Waals surface area contributed by atoms with E-state index in [9.17, 15) is 24.5 Å². The van der Waals surface area contributed by atoms with Crippen LogP contribution in [-0.4, -0.2) is 62.8 Å². The number of amides is 2. The molecule has 0 unspecified atom stereocenters. The Bertz CT molecular complexity index is 858. The van der Waals surface area contributed by atoms with Crippen molar-refractivity contribution in [2.75, 3.05) is 24.6 Å². The van der Waals surface area contributed by atoms with Gasteiger partial charge in [-0.1, -0.05) is 11.8 Å². The summed E-state index contributed by atoms with van der Waals surface area (Å²) in [5, 5.41) is 21.6. The summed E-state index contributed by atoms with van der Waals surface area (Å²) < 4.78 is 5.37. The Balaban J connectivity index is 1.92. The lowest BCUT2D eigenvalue weighted by Gasteiger charge is -2.23. The third-order valence-electron chi connectivity index (χ3n) is 4.36. The number of nitrogens with one attached hydrogen (secondary N) is 1. The Morgan fingerprint density at radius 3 is 2.68 bits per heavy atom. The van der Waals surface area contributed by atoms with Gasteiger partial charge < -0.3 is 15.0 Å². The Hall–Kier alpha value is -2.78. The Kier molecular flexibility index (Phi) is 9.61. The first-order valence-electron chi connectivity index (χ1n) is 9.35. The van der Waals surface area contributed by atoms with Crippen molar-refractivity contribution < 1.29 is 24.0 Å². The van der Waals surface area contributed by atoms with E-state index in [2.05, 4.69) is 5.32 Å². The zero-order valence-corrected chi connectivity index (χ0v) is 18.4. The number of nitro groups is 1.